The fraction of sp³-hybridized carbons (Fsp3) is 0.519. The third-order valence-electron chi connectivity index (χ3n) is 7.50. The van der Waals surface area contributed by atoms with Crippen LogP contribution in [0.15, 0.2) is 54.6 Å². The van der Waals surface area contributed by atoms with Gasteiger partial charge in [-0.15, -0.1) is 11.8 Å². The number of thioether (sulfide) groups is 1. The Morgan fingerprint density at radius 1 is 1.06 bits per heavy atom. The summed E-state index contributed by atoms with van der Waals surface area (Å²) >= 11 is 1.88. The molecular formula is C27H35NO2S. The molecular weight excluding hydrogens is 402 g/mol. The first-order chi connectivity index (χ1) is 14.8. The normalized spacial score (nSPS) is 26.5. The van der Waals surface area contributed by atoms with E-state index in [4.69, 9.17) is 4.74 Å². The van der Waals surface area contributed by atoms with Crippen molar-refractivity contribution in [2.24, 2.45) is 11.3 Å². The van der Waals surface area contributed by atoms with Gasteiger partial charge in [0.1, 0.15) is 12.4 Å². The molecule has 2 aliphatic rings. The minimum atomic E-state index is -0.0940. The molecule has 2 aromatic carbocycles. The summed E-state index contributed by atoms with van der Waals surface area (Å²) in [5.41, 5.74) is 2.53. The lowest BCUT2D eigenvalue weighted by atomic mass is 9.68. The fourth-order valence-corrected chi connectivity index (χ4v) is 6.73. The van der Waals surface area contributed by atoms with Gasteiger partial charge in [0.05, 0.1) is 10.1 Å². The molecule has 3 nitrogen and oxygen atoms in total. The summed E-state index contributed by atoms with van der Waals surface area (Å²) in [6.45, 7) is 9.71. The van der Waals surface area contributed by atoms with Crippen LogP contribution < -0.4 is 9.64 Å². The van der Waals surface area contributed by atoms with Crippen molar-refractivity contribution in [1.82, 2.24) is 0 Å². The van der Waals surface area contributed by atoms with E-state index in [0.717, 1.165) is 35.8 Å². The van der Waals surface area contributed by atoms with Crippen LogP contribution in [-0.2, 0) is 11.4 Å². The number of hydrogen-bond donors (Lipinski definition) is 0. The van der Waals surface area contributed by atoms with E-state index in [1.807, 2.05) is 42.1 Å². The van der Waals surface area contributed by atoms with Crippen LogP contribution in [0.4, 0.5) is 5.69 Å². The third-order valence-corrected chi connectivity index (χ3v) is 9.08. The molecule has 0 aromatic heterocycles. The number of carbonyl (C=O) groups excluding carboxylic acids is 1. The number of benzene rings is 2. The number of ether oxygens (including phenoxy) is 1. The van der Waals surface area contributed by atoms with Gasteiger partial charge in [-0.2, -0.15) is 0 Å². The molecule has 1 saturated carbocycles. The molecule has 166 valence electrons. The van der Waals surface area contributed by atoms with Crippen molar-refractivity contribution in [1.29, 1.82) is 0 Å². The van der Waals surface area contributed by atoms with E-state index in [2.05, 4.69) is 56.9 Å². The topological polar surface area (TPSA) is 29.5 Å². The molecule has 1 amide bonds. The number of nitrogens with zero attached hydrogens (tertiary/aromatic N) is 1. The van der Waals surface area contributed by atoms with Gasteiger partial charge in [-0.05, 0) is 73.8 Å². The highest BCUT2D eigenvalue weighted by atomic mass is 32.2. The van der Waals surface area contributed by atoms with Crippen LogP contribution in [0.3, 0.4) is 0 Å². The SMILES string of the molecule is CCC(C)(C)C1CCC2(CC1)SC(C)C(=O)N2c1ccc(OCc2ccccc2)cc1. The average Bonchev–Trinajstić information content (AvgIpc) is 3.03. The summed E-state index contributed by atoms with van der Waals surface area (Å²) in [6.07, 6.45) is 5.76. The maximum atomic E-state index is 13.2. The fourth-order valence-electron chi connectivity index (χ4n) is 5.09. The predicted molar refractivity (Wildman–Crippen MR) is 131 cm³/mol. The van der Waals surface area contributed by atoms with Crippen molar-refractivity contribution < 1.29 is 9.53 Å². The Labute approximate surface area is 191 Å². The first-order valence-electron chi connectivity index (χ1n) is 11.6. The molecule has 1 spiro atoms. The van der Waals surface area contributed by atoms with Gasteiger partial charge in [-0.1, -0.05) is 57.5 Å². The summed E-state index contributed by atoms with van der Waals surface area (Å²) in [5.74, 6) is 1.82. The molecule has 2 aromatic rings. The van der Waals surface area contributed by atoms with Gasteiger partial charge in [-0.3, -0.25) is 9.69 Å². The summed E-state index contributed by atoms with van der Waals surface area (Å²) in [7, 11) is 0. The Hall–Kier alpha value is -1.94. The molecule has 4 rings (SSSR count). The Kier molecular flexibility index (Phi) is 6.39. The van der Waals surface area contributed by atoms with Gasteiger partial charge < -0.3 is 4.74 Å². The van der Waals surface area contributed by atoms with E-state index < -0.39 is 0 Å². The lowest BCUT2D eigenvalue weighted by Crippen LogP contribution is -2.48. The smallest absolute Gasteiger partial charge is 0.241 e. The van der Waals surface area contributed by atoms with Crippen molar-refractivity contribution in [2.75, 3.05) is 4.90 Å². The van der Waals surface area contributed by atoms with Crippen molar-refractivity contribution in [2.45, 2.75) is 76.5 Å². The van der Waals surface area contributed by atoms with Crippen LogP contribution in [0.2, 0.25) is 0 Å². The van der Waals surface area contributed by atoms with Crippen LogP contribution in [0.5, 0.6) is 5.75 Å². The van der Waals surface area contributed by atoms with Crippen molar-refractivity contribution >= 4 is 23.4 Å². The van der Waals surface area contributed by atoms with Crippen molar-refractivity contribution in [3.8, 4) is 5.75 Å². The Bertz CT molecular complexity index is 885. The molecule has 0 radical (unpaired) electrons. The second-order valence-electron chi connectivity index (χ2n) is 9.76. The lowest BCUT2D eigenvalue weighted by molar-refractivity contribution is -0.118. The first kappa shape index (κ1) is 22.3. The molecule has 31 heavy (non-hydrogen) atoms. The van der Waals surface area contributed by atoms with Gasteiger partial charge in [0.2, 0.25) is 5.91 Å². The molecule has 0 bridgehead atoms. The van der Waals surface area contributed by atoms with Crippen LogP contribution in [-0.4, -0.2) is 16.0 Å². The largest absolute Gasteiger partial charge is 0.489 e. The number of amides is 1. The third kappa shape index (κ3) is 4.50. The molecule has 2 fully saturated rings. The van der Waals surface area contributed by atoms with Crippen molar-refractivity contribution in [3.05, 3.63) is 60.2 Å². The summed E-state index contributed by atoms with van der Waals surface area (Å²) in [4.78, 5) is 15.2. The maximum Gasteiger partial charge on any atom is 0.241 e. The number of carbonyl (C=O) groups is 1. The predicted octanol–water partition coefficient (Wildman–Crippen LogP) is 7.06. The van der Waals surface area contributed by atoms with Crippen molar-refractivity contribution in [3.63, 3.8) is 0 Å². The molecule has 1 saturated heterocycles. The van der Waals surface area contributed by atoms with E-state index in [9.17, 15) is 4.79 Å². The minimum Gasteiger partial charge on any atom is -0.489 e. The van der Waals surface area contributed by atoms with E-state index in [1.54, 1.807) is 0 Å². The van der Waals surface area contributed by atoms with Gasteiger partial charge >= 0.3 is 0 Å². The lowest BCUT2D eigenvalue weighted by Gasteiger charge is -2.46. The van der Waals surface area contributed by atoms with Gasteiger partial charge in [0.15, 0.2) is 0 Å². The van der Waals surface area contributed by atoms with E-state index >= 15 is 0 Å². The standard InChI is InChI=1S/C27H35NO2S/c1-5-26(3,4)22-15-17-27(18-16-22)28(25(29)20(2)31-27)23-11-13-24(14-12-23)30-19-21-9-7-6-8-10-21/h6-14,20,22H,5,15-19H2,1-4H3. The van der Waals surface area contributed by atoms with Gasteiger partial charge in [0.25, 0.3) is 0 Å². The molecule has 1 aliphatic heterocycles. The summed E-state index contributed by atoms with van der Waals surface area (Å²) < 4.78 is 5.95. The van der Waals surface area contributed by atoms with E-state index in [1.165, 1.54) is 19.3 Å². The minimum absolute atomic E-state index is 0.0183. The highest BCUT2D eigenvalue weighted by Gasteiger charge is 2.53. The molecule has 1 heterocycles. The second kappa shape index (κ2) is 8.90. The molecule has 1 aliphatic carbocycles. The zero-order chi connectivity index (χ0) is 22.1. The highest BCUT2D eigenvalue weighted by Crippen LogP contribution is 2.55. The zero-order valence-electron chi connectivity index (χ0n) is 19.3. The average molecular weight is 438 g/mol. The second-order valence-corrected chi connectivity index (χ2v) is 11.5. The van der Waals surface area contributed by atoms with Crippen LogP contribution in [0.25, 0.3) is 0 Å². The molecule has 1 atom stereocenters. The van der Waals surface area contributed by atoms with Crippen LogP contribution in [0, 0.1) is 11.3 Å². The maximum absolute atomic E-state index is 13.2. The molecule has 4 heteroatoms. The Morgan fingerprint density at radius 2 is 1.71 bits per heavy atom. The quantitative estimate of drug-likeness (QED) is 0.484. The number of hydrogen-bond acceptors (Lipinski definition) is 3. The molecule has 0 N–H and O–H groups in total. The van der Waals surface area contributed by atoms with Crippen LogP contribution in [0.1, 0.15) is 65.4 Å². The van der Waals surface area contributed by atoms with E-state index in [-0.39, 0.29) is 16.0 Å². The summed E-state index contributed by atoms with van der Waals surface area (Å²) in [6, 6.07) is 18.3. The van der Waals surface area contributed by atoms with Crippen LogP contribution >= 0.6 is 11.8 Å². The summed E-state index contributed by atoms with van der Waals surface area (Å²) in [5, 5.41) is 0.0183. The Balaban J connectivity index is 1.48. The zero-order valence-corrected chi connectivity index (χ0v) is 20.1. The monoisotopic (exact) mass is 437 g/mol. The number of rotatable bonds is 6. The highest BCUT2D eigenvalue weighted by molar-refractivity contribution is 8.02. The first-order valence-corrected chi connectivity index (χ1v) is 12.5. The molecule has 1 unspecified atom stereocenters. The number of anilines is 1. The van der Waals surface area contributed by atoms with Gasteiger partial charge in [0, 0.05) is 5.69 Å². The van der Waals surface area contributed by atoms with E-state index in [0.29, 0.717) is 12.0 Å². The Morgan fingerprint density at radius 3 is 2.32 bits per heavy atom. The van der Waals surface area contributed by atoms with Gasteiger partial charge in [-0.25, -0.2) is 0 Å².